The SMILES string of the molecule is COc1ccc(NC(=O)CCN(CC(C)C)C(C)=O)cc1OC. The summed E-state index contributed by atoms with van der Waals surface area (Å²) in [5.74, 6) is 1.36. The molecule has 23 heavy (non-hydrogen) atoms. The van der Waals surface area contributed by atoms with E-state index in [1.54, 1.807) is 37.3 Å². The van der Waals surface area contributed by atoms with Gasteiger partial charge in [0.25, 0.3) is 0 Å². The Hall–Kier alpha value is -2.24. The van der Waals surface area contributed by atoms with Crippen LogP contribution >= 0.6 is 0 Å². The third kappa shape index (κ3) is 6.18. The van der Waals surface area contributed by atoms with Crippen LogP contribution in [0.1, 0.15) is 27.2 Å². The van der Waals surface area contributed by atoms with Gasteiger partial charge in [-0.2, -0.15) is 0 Å². The highest BCUT2D eigenvalue weighted by Gasteiger charge is 2.13. The summed E-state index contributed by atoms with van der Waals surface area (Å²) >= 11 is 0. The molecule has 1 N–H and O–H groups in total. The standard InChI is InChI=1S/C17H26N2O4/c1-12(2)11-19(13(3)20)9-8-17(21)18-14-6-7-15(22-4)16(10-14)23-5/h6-7,10,12H,8-9,11H2,1-5H3,(H,18,21). The number of nitrogens with zero attached hydrogens (tertiary/aromatic N) is 1. The van der Waals surface area contributed by atoms with E-state index in [1.807, 2.05) is 13.8 Å². The molecule has 0 spiro atoms. The van der Waals surface area contributed by atoms with Crippen molar-refractivity contribution in [3.8, 4) is 11.5 Å². The Balaban J connectivity index is 2.61. The van der Waals surface area contributed by atoms with Gasteiger partial charge >= 0.3 is 0 Å². The number of carbonyl (C=O) groups excluding carboxylic acids is 2. The summed E-state index contributed by atoms with van der Waals surface area (Å²) in [6, 6.07) is 5.18. The molecule has 0 bridgehead atoms. The number of hydrogen-bond donors (Lipinski definition) is 1. The summed E-state index contributed by atoms with van der Waals surface area (Å²) in [7, 11) is 3.10. The van der Waals surface area contributed by atoms with Gasteiger partial charge in [-0.3, -0.25) is 9.59 Å². The first-order valence-electron chi connectivity index (χ1n) is 7.64. The Morgan fingerprint density at radius 2 is 1.83 bits per heavy atom. The number of carbonyl (C=O) groups is 2. The molecular weight excluding hydrogens is 296 g/mol. The molecule has 0 saturated carbocycles. The maximum absolute atomic E-state index is 12.1. The van der Waals surface area contributed by atoms with Crippen molar-refractivity contribution in [1.29, 1.82) is 0 Å². The lowest BCUT2D eigenvalue weighted by atomic mass is 10.2. The third-order valence-corrected chi connectivity index (χ3v) is 3.31. The lowest BCUT2D eigenvalue weighted by molar-refractivity contribution is -0.129. The van der Waals surface area contributed by atoms with Crippen LogP contribution in [0.5, 0.6) is 11.5 Å². The van der Waals surface area contributed by atoms with Gasteiger partial charge in [-0.15, -0.1) is 0 Å². The minimum atomic E-state index is -0.146. The molecule has 0 atom stereocenters. The molecule has 0 radical (unpaired) electrons. The lowest BCUT2D eigenvalue weighted by Crippen LogP contribution is -2.34. The van der Waals surface area contributed by atoms with Gasteiger partial charge in [0.2, 0.25) is 11.8 Å². The number of amides is 2. The summed E-state index contributed by atoms with van der Waals surface area (Å²) < 4.78 is 10.4. The molecule has 0 aromatic heterocycles. The first kappa shape index (κ1) is 18.8. The number of benzene rings is 1. The topological polar surface area (TPSA) is 67.9 Å². The predicted octanol–water partition coefficient (Wildman–Crippen LogP) is 2.54. The van der Waals surface area contributed by atoms with E-state index in [4.69, 9.17) is 9.47 Å². The first-order valence-corrected chi connectivity index (χ1v) is 7.64. The molecule has 0 aliphatic carbocycles. The van der Waals surface area contributed by atoms with Gasteiger partial charge in [0.15, 0.2) is 11.5 Å². The second kappa shape index (κ2) is 9.02. The fourth-order valence-corrected chi connectivity index (χ4v) is 2.19. The highest BCUT2D eigenvalue weighted by Crippen LogP contribution is 2.29. The summed E-state index contributed by atoms with van der Waals surface area (Å²) in [5, 5.41) is 2.80. The molecule has 0 aliphatic heterocycles. The fourth-order valence-electron chi connectivity index (χ4n) is 2.19. The third-order valence-electron chi connectivity index (χ3n) is 3.31. The molecule has 6 heteroatoms. The highest BCUT2D eigenvalue weighted by molar-refractivity contribution is 5.91. The van der Waals surface area contributed by atoms with Crippen molar-refractivity contribution in [2.24, 2.45) is 5.92 Å². The van der Waals surface area contributed by atoms with Crippen molar-refractivity contribution in [3.05, 3.63) is 18.2 Å². The van der Waals surface area contributed by atoms with Gasteiger partial charge < -0.3 is 19.7 Å². The van der Waals surface area contributed by atoms with Gasteiger partial charge in [-0.1, -0.05) is 13.8 Å². The quantitative estimate of drug-likeness (QED) is 0.798. The van der Waals surface area contributed by atoms with Gasteiger partial charge in [0, 0.05) is 38.2 Å². The Bertz CT molecular complexity index is 543. The molecule has 0 unspecified atom stereocenters. The van der Waals surface area contributed by atoms with Crippen LogP contribution in [0.15, 0.2) is 18.2 Å². The van der Waals surface area contributed by atoms with Crippen LogP contribution in [0.4, 0.5) is 5.69 Å². The Morgan fingerprint density at radius 3 is 2.35 bits per heavy atom. The van der Waals surface area contributed by atoms with Crippen LogP contribution in [-0.4, -0.2) is 44.0 Å². The van der Waals surface area contributed by atoms with Crippen LogP contribution < -0.4 is 14.8 Å². The zero-order chi connectivity index (χ0) is 17.4. The van der Waals surface area contributed by atoms with Crippen LogP contribution in [0, 0.1) is 5.92 Å². The Labute approximate surface area is 137 Å². The van der Waals surface area contributed by atoms with Crippen molar-refractivity contribution in [3.63, 3.8) is 0 Å². The number of methoxy groups -OCH3 is 2. The van der Waals surface area contributed by atoms with Crippen LogP contribution in [0.2, 0.25) is 0 Å². The van der Waals surface area contributed by atoms with E-state index in [9.17, 15) is 9.59 Å². The molecule has 0 aliphatic rings. The first-order chi connectivity index (χ1) is 10.9. The highest BCUT2D eigenvalue weighted by atomic mass is 16.5. The van der Waals surface area contributed by atoms with Gasteiger partial charge in [-0.05, 0) is 18.1 Å². The summed E-state index contributed by atoms with van der Waals surface area (Å²) in [6.07, 6.45) is 0.251. The maximum atomic E-state index is 12.1. The molecule has 1 aromatic carbocycles. The van der Waals surface area contributed by atoms with E-state index in [1.165, 1.54) is 6.92 Å². The Morgan fingerprint density at radius 1 is 1.17 bits per heavy atom. The fraction of sp³-hybridized carbons (Fsp3) is 0.529. The number of rotatable bonds is 8. The minimum Gasteiger partial charge on any atom is -0.493 e. The van der Waals surface area contributed by atoms with Crippen molar-refractivity contribution < 1.29 is 19.1 Å². The lowest BCUT2D eigenvalue weighted by Gasteiger charge is -2.22. The second-order valence-electron chi connectivity index (χ2n) is 5.73. The molecule has 0 saturated heterocycles. The van der Waals surface area contributed by atoms with E-state index in [-0.39, 0.29) is 18.2 Å². The van der Waals surface area contributed by atoms with Gasteiger partial charge in [-0.25, -0.2) is 0 Å². The molecule has 1 rings (SSSR count). The largest absolute Gasteiger partial charge is 0.493 e. The van der Waals surface area contributed by atoms with Crippen molar-refractivity contribution in [1.82, 2.24) is 4.90 Å². The van der Waals surface area contributed by atoms with Crippen molar-refractivity contribution in [2.75, 3.05) is 32.6 Å². The Kier molecular flexibility index (Phi) is 7.38. The molecule has 6 nitrogen and oxygen atoms in total. The van der Waals surface area contributed by atoms with Gasteiger partial charge in [0.05, 0.1) is 14.2 Å². The van der Waals surface area contributed by atoms with Crippen LogP contribution in [0.3, 0.4) is 0 Å². The van der Waals surface area contributed by atoms with Crippen LogP contribution in [-0.2, 0) is 9.59 Å². The van der Waals surface area contributed by atoms with Crippen molar-refractivity contribution >= 4 is 17.5 Å². The normalized spacial score (nSPS) is 10.3. The number of ether oxygens (including phenoxy) is 2. The minimum absolute atomic E-state index is 0.0161. The molecule has 0 heterocycles. The zero-order valence-electron chi connectivity index (χ0n) is 14.5. The van der Waals surface area contributed by atoms with Crippen LogP contribution in [0.25, 0.3) is 0 Å². The average molecular weight is 322 g/mol. The number of anilines is 1. The molecular formula is C17H26N2O4. The summed E-state index contributed by atoms with van der Waals surface area (Å²) in [6.45, 7) is 6.67. The smallest absolute Gasteiger partial charge is 0.226 e. The second-order valence-corrected chi connectivity index (χ2v) is 5.73. The van der Waals surface area contributed by atoms with Crippen molar-refractivity contribution in [2.45, 2.75) is 27.2 Å². The molecule has 2 amide bonds. The molecule has 0 fully saturated rings. The van der Waals surface area contributed by atoms with E-state index >= 15 is 0 Å². The van der Waals surface area contributed by atoms with E-state index in [0.29, 0.717) is 36.2 Å². The predicted molar refractivity (Wildman–Crippen MR) is 89.9 cm³/mol. The average Bonchev–Trinajstić information content (AvgIpc) is 2.50. The van der Waals surface area contributed by atoms with E-state index < -0.39 is 0 Å². The van der Waals surface area contributed by atoms with E-state index in [0.717, 1.165) is 0 Å². The van der Waals surface area contributed by atoms with E-state index in [2.05, 4.69) is 5.32 Å². The number of hydrogen-bond acceptors (Lipinski definition) is 4. The zero-order valence-corrected chi connectivity index (χ0v) is 14.5. The maximum Gasteiger partial charge on any atom is 0.226 e. The monoisotopic (exact) mass is 322 g/mol. The molecule has 128 valence electrons. The summed E-state index contributed by atoms with van der Waals surface area (Å²) in [4.78, 5) is 25.3. The van der Waals surface area contributed by atoms with Gasteiger partial charge in [0.1, 0.15) is 0 Å². The number of nitrogens with one attached hydrogen (secondary N) is 1. The molecule has 1 aromatic rings. The summed E-state index contributed by atoms with van der Waals surface area (Å²) in [5.41, 5.74) is 0.630.